The fourth-order valence-electron chi connectivity index (χ4n) is 7.47. The molecule has 1 aromatic rings. The summed E-state index contributed by atoms with van der Waals surface area (Å²) in [5.74, 6) is -11.5. The van der Waals surface area contributed by atoms with E-state index in [4.69, 9.17) is 14.2 Å². The summed E-state index contributed by atoms with van der Waals surface area (Å²) in [6.07, 6.45) is -8.14. The van der Waals surface area contributed by atoms with E-state index in [-0.39, 0.29) is 25.3 Å². The Morgan fingerprint density at radius 3 is 1.55 bits per heavy atom. The number of rotatable bonds is 29. The van der Waals surface area contributed by atoms with Gasteiger partial charge >= 0.3 is 24.1 Å². The molecule has 0 saturated carbocycles. The van der Waals surface area contributed by atoms with Gasteiger partial charge in [-0.3, -0.25) is 52.7 Å². The van der Waals surface area contributed by atoms with E-state index in [1.54, 1.807) is 134 Å². The number of Topliss-reactive ketones (excluding diaryl/α,β-unsaturated/α-hetero) is 1. The molecule has 21 nitrogen and oxygen atoms in total. The molecular formula is C55H86F3N7O14S. The number of alkyl halides is 3. The van der Waals surface area contributed by atoms with Crippen molar-refractivity contribution >= 4 is 76.8 Å². The molecule has 1 rings (SSSR count). The van der Waals surface area contributed by atoms with Crippen LogP contribution < -0.4 is 37.2 Å². The molecule has 80 heavy (non-hydrogen) atoms. The third kappa shape index (κ3) is 29.8. The average Bonchev–Trinajstić information content (AvgIpc) is 3.27. The van der Waals surface area contributed by atoms with Crippen molar-refractivity contribution < 1.29 is 80.1 Å². The van der Waals surface area contributed by atoms with Gasteiger partial charge in [0.15, 0.2) is 0 Å². The first-order valence-corrected chi connectivity index (χ1v) is 27.8. The van der Waals surface area contributed by atoms with E-state index in [0.717, 1.165) is 0 Å². The van der Waals surface area contributed by atoms with E-state index >= 15 is 0 Å². The lowest BCUT2D eigenvalue weighted by Gasteiger charge is -2.34. The Morgan fingerprint density at radius 1 is 0.562 bits per heavy atom. The van der Waals surface area contributed by atoms with Gasteiger partial charge in [0, 0.05) is 31.6 Å². The number of hydrogen-bond acceptors (Lipinski definition) is 15. The third-order valence-corrected chi connectivity index (χ3v) is 11.7. The van der Waals surface area contributed by atoms with E-state index < -0.39 is 168 Å². The summed E-state index contributed by atoms with van der Waals surface area (Å²) in [5.41, 5.74) is -2.84. The highest BCUT2D eigenvalue weighted by Gasteiger charge is 2.42. The van der Waals surface area contributed by atoms with Gasteiger partial charge in [-0.1, -0.05) is 58.9 Å². The maximum atomic E-state index is 14.7. The molecule has 0 aliphatic carbocycles. The number of benzene rings is 1. The van der Waals surface area contributed by atoms with Crippen molar-refractivity contribution in [3.63, 3.8) is 0 Å². The third-order valence-electron chi connectivity index (χ3n) is 11.1. The van der Waals surface area contributed by atoms with Crippen molar-refractivity contribution in [2.75, 3.05) is 18.6 Å². The molecule has 1 unspecified atom stereocenters. The van der Waals surface area contributed by atoms with Crippen LogP contribution in [0.2, 0.25) is 0 Å². The minimum Gasteiger partial charge on any atom is -0.460 e. The standard InChI is InChI=1S/C55H86F3N7O14S/c1-31(2)27-35(46(72)64-38(30-55(56,57)58)43(70)49(75)59-25-26-80-16)63-50(76)44(51(4,5)6)65-48(74)36(28-33-20-18-17-19-32(33)3)62-45(71)34(21-23-40(67)77-52(7,8)9)61-47(73)37(29-42(69)79-54(13,14)15)60-39(66)22-24-41(68)78-53(10,11)12/h17-20,31,34-38,44H,21-30H2,1-16H3,(H,59,75)(H,60,66)(H,61,73)(H,62,71)(H,63,76)(H,64,72)(H,65,74)/t34-,35-,36-,37-,38?,44+/m0/s1. The van der Waals surface area contributed by atoms with Crippen molar-refractivity contribution in [1.29, 1.82) is 0 Å². The average molecular weight is 1160 g/mol. The van der Waals surface area contributed by atoms with E-state index in [1.807, 2.05) is 5.32 Å². The van der Waals surface area contributed by atoms with Gasteiger partial charge in [-0.05, 0) is 111 Å². The topological polar surface area (TPSA) is 300 Å². The van der Waals surface area contributed by atoms with Crippen LogP contribution in [0.3, 0.4) is 0 Å². The molecule has 0 aliphatic heterocycles. The highest BCUT2D eigenvalue weighted by atomic mass is 32.2. The molecule has 0 spiro atoms. The molecule has 0 heterocycles. The highest BCUT2D eigenvalue weighted by molar-refractivity contribution is 7.98. The predicted octanol–water partition coefficient (Wildman–Crippen LogP) is 4.51. The number of esters is 3. The molecule has 6 atom stereocenters. The number of carbonyl (C=O) groups is 11. The molecular weight excluding hydrogens is 1070 g/mol. The summed E-state index contributed by atoms with van der Waals surface area (Å²) in [4.78, 5) is 149. The second-order valence-electron chi connectivity index (χ2n) is 23.9. The van der Waals surface area contributed by atoms with E-state index in [1.165, 1.54) is 11.8 Å². The van der Waals surface area contributed by atoms with Crippen LogP contribution in [0.1, 0.15) is 153 Å². The van der Waals surface area contributed by atoms with Crippen molar-refractivity contribution in [2.45, 2.75) is 214 Å². The van der Waals surface area contributed by atoms with Crippen molar-refractivity contribution in [3.8, 4) is 0 Å². The number of halogens is 3. The summed E-state index contributed by atoms with van der Waals surface area (Å²) < 4.78 is 57.5. The maximum Gasteiger partial charge on any atom is 0.391 e. The molecule has 0 radical (unpaired) electrons. The molecule has 452 valence electrons. The molecule has 0 bridgehead atoms. The van der Waals surface area contributed by atoms with Gasteiger partial charge < -0.3 is 51.4 Å². The zero-order valence-electron chi connectivity index (χ0n) is 49.2. The number of hydrogen-bond donors (Lipinski definition) is 7. The summed E-state index contributed by atoms with van der Waals surface area (Å²) in [5, 5.41) is 16.9. The molecule has 25 heteroatoms. The molecule has 7 N–H and O–H groups in total. The first kappa shape index (κ1) is 71.7. The number of nitrogens with one attached hydrogen (secondary N) is 7. The van der Waals surface area contributed by atoms with Gasteiger partial charge in [0.05, 0.1) is 19.3 Å². The number of thioether (sulfide) groups is 1. The monoisotopic (exact) mass is 1160 g/mol. The summed E-state index contributed by atoms with van der Waals surface area (Å²) in [6, 6.07) is -3.66. The minimum absolute atomic E-state index is 0.0369. The molecule has 0 aliphatic rings. The lowest BCUT2D eigenvalue weighted by molar-refractivity contribution is -0.158. The normalized spacial score (nSPS) is 14.3. The van der Waals surface area contributed by atoms with Gasteiger partial charge in [0.25, 0.3) is 5.91 Å². The Bertz CT molecular complexity index is 2340. The van der Waals surface area contributed by atoms with Gasteiger partial charge in [-0.2, -0.15) is 24.9 Å². The highest BCUT2D eigenvalue weighted by Crippen LogP contribution is 2.24. The summed E-state index contributed by atoms with van der Waals surface area (Å²) >= 11 is 1.30. The Labute approximate surface area is 472 Å². The van der Waals surface area contributed by atoms with Crippen LogP contribution in [-0.2, 0) is 73.4 Å². The first-order valence-electron chi connectivity index (χ1n) is 26.4. The van der Waals surface area contributed by atoms with Crippen LogP contribution in [0.15, 0.2) is 24.3 Å². The van der Waals surface area contributed by atoms with E-state index in [2.05, 4.69) is 31.9 Å². The van der Waals surface area contributed by atoms with Crippen LogP contribution in [-0.4, -0.2) is 143 Å². The van der Waals surface area contributed by atoms with Crippen LogP contribution in [0.25, 0.3) is 0 Å². The zero-order chi connectivity index (χ0) is 61.7. The van der Waals surface area contributed by atoms with Gasteiger partial charge in [-0.25, -0.2) is 0 Å². The van der Waals surface area contributed by atoms with E-state index in [9.17, 15) is 65.9 Å². The van der Waals surface area contributed by atoms with Crippen LogP contribution in [0.4, 0.5) is 13.2 Å². The van der Waals surface area contributed by atoms with Crippen LogP contribution in [0.5, 0.6) is 0 Å². The predicted molar refractivity (Wildman–Crippen MR) is 293 cm³/mol. The second kappa shape index (κ2) is 31.7. The largest absolute Gasteiger partial charge is 0.460 e. The number of amides is 7. The molecule has 0 saturated heterocycles. The second-order valence-corrected chi connectivity index (χ2v) is 24.9. The summed E-state index contributed by atoms with van der Waals surface area (Å²) in [7, 11) is 0. The van der Waals surface area contributed by atoms with Crippen molar-refractivity contribution in [1.82, 2.24) is 37.2 Å². The molecule has 1 aromatic carbocycles. The Morgan fingerprint density at radius 2 is 1.04 bits per heavy atom. The molecule has 0 aromatic heterocycles. The number of aryl methyl sites for hydroxylation is 1. The zero-order valence-corrected chi connectivity index (χ0v) is 50.0. The van der Waals surface area contributed by atoms with Crippen LogP contribution >= 0.6 is 11.8 Å². The van der Waals surface area contributed by atoms with Gasteiger partial charge in [0.2, 0.25) is 41.2 Å². The Balaban J connectivity index is 3.83. The Hall–Kier alpha value is -6.27. The number of ether oxygens (including phenoxy) is 3. The number of ketones is 1. The quantitative estimate of drug-likeness (QED) is 0.0251. The fraction of sp³-hybridized carbons (Fsp3) is 0.691. The Kier molecular flexibility index (Phi) is 28.4. The minimum atomic E-state index is -5.01. The smallest absolute Gasteiger partial charge is 0.391 e. The van der Waals surface area contributed by atoms with Gasteiger partial charge in [0.1, 0.15) is 53.1 Å². The fourth-order valence-corrected chi connectivity index (χ4v) is 7.78. The lowest BCUT2D eigenvalue weighted by Crippen LogP contribution is -2.62. The SMILES string of the molecule is CSCCNC(=O)C(=O)C(CC(F)(F)F)NC(=O)[C@H](CC(C)C)NC(=O)[C@@H](NC(=O)[C@H](Cc1ccccc1C)NC(=O)[C@H](CCC(=O)OC(C)(C)C)NC(=O)[C@H](CC(=O)OC(C)(C)C)NC(=O)CCC(=O)OC(C)(C)C)C(C)(C)C. The molecule has 7 amide bonds. The number of carbonyl (C=O) groups excluding carboxylic acids is 11. The van der Waals surface area contributed by atoms with Crippen LogP contribution in [0, 0.1) is 18.3 Å². The lowest BCUT2D eigenvalue weighted by atomic mass is 9.85. The van der Waals surface area contributed by atoms with E-state index in [0.29, 0.717) is 16.9 Å². The van der Waals surface area contributed by atoms with Crippen molar-refractivity contribution in [3.05, 3.63) is 35.4 Å². The molecule has 0 fully saturated rings. The van der Waals surface area contributed by atoms with Crippen molar-refractivity contribution in [2.24, 2.45) is 11.3 Å². The van der Waals surface area contributed by atoms with Gasteiger partial charge in [-0.15, -0.1) is 0 Å². The summed E-state index contributed by atoms with van der Waals surface area (Å²) in [6.45, 7) is 24.1. The first-order chi connectivity index (χ1) is 36.5. The maximum absolute atomic E-state index is 14.7.